The lowest BCUT2D eigenvalue weighted by Crippen LogP contribution is -2.14. The highest BCUT2D eigenvalue weighted by Gasteiger charge is 2.24. The van der Waals surface area contributed by atoms with Gasteiger partial charge in [0.25, 0.3) is 0 Å². The third-order valence-electron chi connectivity index (χ3n) is 3.23. The molecule has 19 heavy (non-hydrogen) atoms. The molecule has 1 aliphatic heterocycles. The van der Waals surface area contributed by atoms with Crippen LogP contribution in [-0.4, -0.2) is 17.1 Å². The van der Waals surface area contributed by atoms with E-state index in [1.807, 2.05) is 24.3 Å². The van der Waals surface area contributed by atoms with Gasteiger partial charge in [0.15, 0.2) is 5.78 Å². The zero-order chi connectivity index (χ0) is 13.4. The minimum absolute atomic E-state index is 0.0362. The number of aliphatic hydroxyl groups excluding tert-OH is 1. The molecule has 0 radical (unpaired) electrons. The first-order valence-electron chi connectivity index (χ1n) is 6.02. The molecule has 3 nitrogen and oxygen atoms in total. The summed E-state index contributed by atoms with van der Waals surface area (Å²) in [5.74, 6) is -0.0362. The van der Waals surface area contributed by atoms with E-state index in [1.165, 1.54) is 0 Å². The number of rotatable bonds is 2. The van der Waals surface area contributed by atoms with Crippen LogP contribution in [0.1, 0.15) is 21.5 Å². The van der Waals surface area contributed by atoms with Gasteiger partial charge in [-0.3, -0.25) is 4.79 Å². The van der Waals surface area contributed by atoms with Crippen LogP contribution in [-0.2, 0) is 6.42 Å². The largest absolute Gasteiger partial charge is 0.373 e. The third kappa shape index (κ3) is 2.29. The molecule has 1 heterocycles. The highest BCUT2D eigenvalue weighted by atomic mass is 79.9. The number of carbonyl (C=O) groups excluding carboxylic acids is 1. The molecule has 2 aromatic rings. The molecule has 0 aliphatic carbocycles. The van der Waals surface area contributed by atoms with Crippen molar-refractivity contribution in [2.24, 2.45) is 0 Å². The molecule has 0 fully saturated rings. The molecule has 0 amide bonds. The van der Waals surface area contributed by atoms with Crippen LogP contribution in [0.5, 0.6) is 0 Å². The van der Waals surface area contributed by atoms with Crippen LogP contribution in [0.15, 0.2) is 46.9 Å². The lowest BCUT2D eigenvalue weighted by Gasteiger charge is -2.08. The number of hydrogen-bond acceptors (Lipinski definition) is 3. The van der Waals surface area contributed by atoms with Crippen molar-refractivity contribution in [1.82, 2.24) is 0 Å². The zero-order valence-corrected chi connectivity index (χ0v) is 11.6. The fourth-order valence-corrected chi connectivity index (χ4v) is 2.58. The van der Waals surface area contributed by atoms with E-state index in [1.54, 1.807) is 18.2 Å². The van der Waals surface area contributed by atoms with Gasteiger partial charge in [0.05, 0.1) is 5.69 Å². The van der Waals surface area contributed by atoms with Crippen molar-refractivity contribution < 1.29 is 9.90 Å². The molecular formula is C15H12BrNO2. The Morgan fingerprint density at radius 3 is 2.68 bits per heavy atom. The number of carbonyl (C=O) groups is 1. The van der Waals surface area contributed by atoms with Gasteiger partial charge in [0.1, 0.15) is 6.23 Å². The summed E-state index contributed by atoms with van der Waals surface area (Å²) in [6.07, 6.45) is -0.0644. The maximum atomic E-state index is 12.5. The van der Waals surface area contributed by atoms with Gasteiger partial charge in [-0.2, -0.15) is 0 Å². The van der Waals surface area contributed by atoms with E-state index in [9.17, 15) is 9.90 Å². The van der Waals surface area contributed by atoms with Crippen molar-refractivity contribution in [1.29, 1.82) is 0 Å². The normalized spacial score (nSPS) is 16.8. The quantitative estimate of drug-likeness (QED) is 0.837. The highest BCUT2D eigenvalue weighted by molar-refractivity contribution is 9.10. The average Bonchev–Trinajstić information content (AvgIpc) is 2.78. The van der Waals surface area contributed by atoms with Crippen molar-refractivity contribution in [3.05, 3.63) is 63.6 Å². The summed E-state index contributed by atoms with van der Waals surface area (Å²) >= 11 is 3.35. The number of hydrogen-bond donors (Lipinski definition) is 2. The van der Waals surface area contributed by atoms with E-state index < -0.39 is 6.23 Å². The van der Waals surface area contributed by atoms with Crippen molar-refractivity contribution in [2.75, 3.05) is 5.32 Å². The van der Waals surface area contributed by atoms with Crippen LogP contribution >= 0.6 is 15.9 Å². The van der Waals surface area contributed by atoms with Gasteiger partial charge in [0, 0.05) is 22.0 Å². The molecule has 0 aromatic heterocycles. The van der Waals surface area contributed by atoms with E-state index in [0.29, 0.717) is 17.5 Å². The first kappa shape index (κ1) is 12.4. The summed E-state index contributed by atoms with van der Waals surface area (Å²) in [7, 11) is 0. The predicted octanol–water partition coefficient (Wildman–Crippen LogP) is 2.97. The topological polar surface area (TPSA) is 49.3 Å². The van der Waals surface area contributed by atoms with E-state index in [4.69, 9.17) is 0 Å². The summed E-state index contributed by atoms with van der Waals surface area (Å²) < 4.78 is 0.941. The van der Waals surface area contributed by atoms with Crippen molar-refractivity contribution >= 4 is 27.4 Å². The second-order valence-electron chi connectivity index (χ2n) is 4.54. The lowest BCUT2D eigenvalue weighted by molar-refractivity contribution is 0.103. The van der Waals surface area contributed by atoms with Gasteiger partial charge in [-0.05, 0) is 35.9 Å². The number of ketones is 1. The molecule has 2 N–H and O–H groups in total. The Balaban J connectivity index is 2.02. The number of aliphatic hydroxyl groups is 1. The molecule has 2 aromatic carbocycles. The molecule has 0 saturated heterocycles. The Morgan fingerprint density at radius 1 is 1.21 bits per heavy atom. The van der Waals surface area contributed by atoms with Gasteiger partial charge < -0.3 is 10.4 Å². The fraction of sp³-hybridized carbons (Fsp3) is 0.133. The smallest absolute Gasteiger partial charge is 0.195 e. The molecular weight excluding hydrogens is 306 g/mol. The zero-order valence-electron chi connectivity index (χ0n) is 10.1. The second kappa shape index (κ2) is 4.79. The molecule has 1 unspecified atom stereocenters. The number of nitrogens with one attached hydrogen (secondary N) is 1. The minimum atomic E-state index is -0.603. The number of anilines is 1. The summed E-state index contributed by atoms with van der Waals surface area (Å²) in [4.78, 5) is 12.5. The Bertz CT molecular complexity index is 637. The Hall–Kier alpha value is -1.65. The Morgan fingerprint density at radius 2 is 1.95 bits per heavy atom. The van der Waals surface area contributed by atoms with Gasteiger partial charge >= 0.3 is 0 Å². The Labute approximate surface area is 119 Å². The van der Waals surface area contributed by atoms with Crippen LogP contribution in [0.3, 0.4) is 0 Å². The SMILES string of the molecule is O=C(c1ccc(Br)cc1)c1cccc2c1NC(O)C2. The summed E-state index contributed by atoms with van der Waals surface area (Å²) in [5.41, 5.74) is 2.98. The molecule has 4 heteroatoms. The van der Waals surface area contributed by atoms with Crippen LogP contribution in [0.2, 0.25) is 0 Å². The monoisotopic (exact) mass is 317 g/mol. The third-order valence-corrected chi connectivity index (χ3v) is 3.75. The molecule has 1 aliphatic rings. The van der Waals surface area contributed by atoms with Gasteiger partial charge in [-0.15, -0.1) is 0 Å². The molecule has 1 atom stereocenters. The number of fused-ring (bicyclic) bond motifs is 1. The number of benzene rings is 2. The van der Waals surface area contributed by atoms with E-state index in [2.05, 4.69) is 21.2 Å². The van der Waals surface area contributed by atoms with Crippen LogP contribution in [0, 0.1) is 0 Å². The number of halogens is 1. The summed E-state index contributed by atoms with van der Waals surface area (Å²) in [6.45, 7) is 0. The van der Waals surface area contributed by atoms with Crippen LogP contribution in [0.25, 0.3) is 0 Å². The first-order valence-corrected chi connectivity index (χ1v) is 6.81. The van der Waals surface area contributed by atoms with Crippen LogP contribution in [0.4, 0.5) is 5.69 Å². The van der Waals surface area contributed by atoms with Crippen molar-refractivity contribution in [2.45, 2.75) is 12.6 Å². The van der Waals surface area contributed by atoms with E-state index in [0.717, 1.165) is 15.7 Å². The summed E-state index contributed by atoms with van der Waals surface area (Å²) in [6, 6.07) is 12.8. The fourth-order valence-electron chi connectivity index (χ4n) is 2.31. The number of para-hydroxylation sites is 1. The summed E-state index contributed by atoms with van der Waals surface area (Å²) in [5, 5.41) is 12.6. The highest BCUT2D eigenvalue weighted by Crippen LogP contribution is 2.30. The minimum Gasteiger partial charge on any atom is -0.373 e. The first-order chi connectivity index (χ1) is 9.15. The van der Waals surface area contributed by atoms with Gasteiger partial charge in [-0.1, -0.05) is 28.1 Å². The average molecular weight is 318 g/mol. The molecule has 96 valence electrons. The van der Waals surface area contributed by atoms with Crippen LogP contribution < -0.4 is 5.32 Å². The second-order valence-corrected chi connectivity index (χ2v) is 5.46. The molecule has 0 saturated carbocycles. The van der Waals surface area contributed by atoms with Crippen molar-refractivity contribution in [3.63, 3.8) is 0 Å². The van der Waals surface area contributed by atoms with Gasteiger partial charge in [0.2, 0.25) is 0 Å². The maximum Gasteiger partial charge on any atom is 0.195 e. The maximum absolute atomic E-state index is 12.5. The van der Waals surface area contributed by atoms with Gasteiger partial charge in [-0.25, -0.2) is 0 Å². The predicted molar refractivity (Wildman–Crippen MR) is 77.4 cm³/mol. The Kier molecular flexibility index (Phi) is 3.12. The molecule has 0 bridgehead atoms. The lowest BCUT2D eigenvalue weighted by atomic mass is 9.99. The van der Waals surface area contributed by atoms with Crippen molar-refractivity contribution in [3.8, 4) is 0 Å². The molecule has 0 spiro atoms. The van der Waals surface area contributed by atoms with E-state index in [-0.39, 0.29) is 5.78 Å². The standard InChI is InChI=1S/C15H12BrNO2/c16-11-6-4-9(5-7-11)15(19)12-3-1-2-10-8-13(18)17-14(10)12/h1-7,13,17-18H,8H2. The van der Waals surface area contributed by atoms with E-state index >= 15 is 0 Å². The molecule has 3 rings (SSSR count).